The van der Waals surface area contributed by atoms with Crippen LogP contribution in [0.1, 0.15) is 30.4 Å². The molecule has 0 unspecified atom stereocenters. The van der Waals surface area contributed by atoms with Crippen molar-refractivity contribution in [2.75, 3.05) is 25.5 Å². The van der Waals surface area contributed by atoms with Crippen molar-refractivity contribution in [1.29, 1.82) is 0 Å². The summed E-state index contributed by atoms with van der Waals surface area (Å²) in [5, 5.41) is 3.09. The van der Waals surface area contributed by atoms with Crippen LogP contribution in [0.3, 0.4) is 0 Å². The molecule has 1 aliphatic carbocycles. The zero-order valence-corrected chi connectivity index (χ0v) is 15.0. The molecule has 3 heteroatoms. The molecule has 0 aromatic heterocycles. The van der Waals surface area contributed by atoms with Gasteiger partial charge in [-0.2, -0.15) is 0 Å². The minimum absolute atomic E-state index is 0.0288. The Kier molecular flexibility index (Phi) is 5.22. The summed E-state index contributed by atoms with van der Waals surface area (Å²) in [5.74, 6) is -0.0288. The van der Waals surface area contributed by atoms with Crippen molar-refractivity contribution >= 4 is 17.7 Å². The standard InChI is InChI=1S/C22H26N2O/c1-24(2)20-12-9-18(10-13-20)11-14-21(25)23-17-22(15-6-16-22)19-7-4-3-5-8-19/h3-5,7-14H,6,15-17H2,1-2H3,(H,23,25)/b14-11+. The molecule has 3 rings (SSSR count). The summed E-state index contributed by atoms with van der Waals surface area (Å²) in [6, 6.07) is 18.7. The van der Waals surface area contributed by atoms with Gasteiger partial charge in [-0.15, -0.1) is 0 Å². The average Bonchev–Trinajstić information content (AvgIpc) is 2.60. The van der Waals surface area contributed by atoms with E-state index in [1.54, 1.807) is 6.08 Å². The van der Waals surface area contributed by atoms with Crippen molar-refractivity contribution in [2.45, 2.75) is 24.7 Å². The second-order valence-corrected chi connectivity index (χ2v) is 7.04. The highest BCUT2D eigenvalue weighted by atomic mass is 16.1. The second kappa shape index (κ2) is 7.56. The third kappa shape index (κ3) is 4.11. The highest BCUT2D eigenvalue weighted by Crippen LogP contribution is 2.43. The first-order chi connectivity index (χ1) is 12.1. The molecule has 0 radical (unpaired) electrons. The summed E-state index contributed by atoms with van der Waals surface area (Å²) in [6.07, 6.45) is 7.02. The van der Waals surface area contributed by atoms with Crippen molar-refractivity contribution in [1.82, 2.24) is 5.32 Å². The number of benzene rings is 2. The SMILES string of the molecule is CN(C)c1ccc(/C=C/C(=O)NCC2(c3ccccc3)CCC2)cc1. The van der Waals surface area contributed by atoms with Crippen LogP contribution in [0.4, 0.5) is 5.69 Å². The highest BCUT2D eigenvalue weighted by molar-refractivity contribution is 5.91. The van der Waals surface area contributed by atoms with Crippen LogP contribution in [-0.4, -0.2) is 26.5 Å². The van der Waals surface area contributed by atoms with Crippen LogP contribution in [-0.2, 0) is 10.2 Å². The Morgan fingerprint density at radius 1 is 1.08 bits per heavy atom. The third-order valence-electron chi connectivity index (χ3n) is 5.13. The Labute approximate surface area is 150 Å². The van der Waals surface area contributed by atoms with Crippen LogP contribution in [0.25, 0.3) is 6.08 Å². The van der Waals surface area contributed by atoms with Gasteiger partial charge in [-0.25, -0.2) is 0 Å². The number of amides is 1. The zero-order chi connectivity index (χ0) is 17.7. The van der Waals surface area contributed by atoms with Gasteiger partial charge in [0.2, 0.25) is 5.91 Å². The Hall–Kier alpha value is -2.55. The molecule has 0 heterocycles. The first kappa shape index (κ1) is 17.3. The Morgan fingerprint density at radius 3 is 2.32 bits per heavy atom. The predicted octanol–water partition coefficient (Wildman–Crippen LogP) is 4.00. The van der Waals surface area contributed by atoms with Crippen molar-refractivity contribution in [3.05, 3.63) is 71.8 Å². The fraction of sp³-hybridized carbons (Fsp3) is 0.318. The molecular weight excluding hydrogens is 308 g/mol. The van der Waals surface area contributed by atoms with Crippen molar-refractivity contribution in [2.24, 2.45) is 0 Å². The number of carbonyl (C=O) groups excluding carboxylic acids is 1. The van der Waals surface area contributed by atoms with Crippen LogP contribution in [0.2, 0.25) is 0 Å². The molecule has 1 amide bonds. The van der Waals surface area contributed by atoms with Crippen molar-refractivity contribution in [3.8, 4) is 0 Å². The van der Waals surface area contributed by atoms with E-state index in [2.05, 4.69) is 46.6 Å². The molecule has 1 aliphatic rings. The van der Waals surface area contributed by atoms with E-state index in [1.807, 2.05) is 38.4 Å². The van der Waals surface area contributed by atoms with E-state index in [1.165, 1.54) is 12.0 Å². The van der Waals surface area contributed by atoms with Gasteiger partial charge in [0.1, 0.15) is 0 Å². The van der Waals surface area contributed by atoms with Gasteiger partial charge in [0.15, 0.2) is 0 Å². The number of carbonyl (C=O) groups is 1. The summed E-state index contributed by atoms with van der Waals surface area (Å²) in [6.45, 7) is 0.708. The van der Waals surface area contributed by atoms with Gasteiger partial charge in [-0.1, -0.05) is 48.9 Å². The molecule has 25 heavy (non-hydrogen) atoms. The number of nitrogens with one attached hydrogen (secondary N) is 1. The Morgan fingerprint density at radius 2 is 1.76 bits per heavy atom. The largest absolute Gasteiger partial charge is 0.378 e. The summed E-state index contributed by atoms with van der Waals surface area (Å²) in [4.78, 5) is 14.3. The molecule has 1 saturated carbocycles. The normalized spacial score (nSPS) is 15.6. The van der Waals surface area contributed by atoms with Gasteiger partial charge in [0.25, 0.3) is 0 Å². The molecule has 130 valence electrons. The minimum atomic E-state index is -0.0288. The quantitative estimate of drug-likeness (QED) is 0.810. The smallest absolute Gasteiger partial charge is 0.244 e. The summed E-state index contributed by atoms with van der Waals surface area (Å²) in [7, 11) is 4.03. The number of nitrogens with zero attached hydrogens (tertiary/aromatic N) is 1. The fourth-order valence-corrected chi connectivity index (χ4v) is 3.33. The third-order valence-corrected chi connectivity index (χ3v) is 5.13. The Balaban J connectivity index is 1.57. The summed E-state index contributed by atoms with van der Waals surface area (Å²) < 4.78 is 0. The van der Waals surface area contributed by atoms with Crippen LogP contribution in [0, 0.1) is 0 Å². The molecule has 2 aromatic rings. The van der Waals surface area contributed by atoms with Crippen molar-refractivity contribution < 1.29 is 4.79 Å². The van der Waals surface area contributed by atoms with E-state index < -0.39 is 0 Å². The topological polar surface area (TPSA) is 32.3 Å². The lowest BCUT2D eigenvalue weighted by molar-refractivity contribution is -0.116. The summed E-state index contributed by atoms with van der Waals surface area (Å²) >= 11 is 0. The molecule has 3 nitrogen and oxygen atoms in total. The molecule has 0 bridgehead atoms. The monoisotopic (exact) mass is 334 g/mol. The number of hydrogen-bond acceptors (Lipinski definition) is 2. The van der Waals surface area contributed by atoms with E-state index in [4.69, 9.17) is 0 Å². The zero-order valence-electron chi connectivity index (χ0n) is 15.0. The summed E-state index contributed by atoms with van der Waals surface area (Å²) in [5.41, 5.74) is 3.64. The maximum absolute atomic E-state index is 12.2. The first-order valence-electron chi connectivity index (χ1n) is 8.88. The van der Waals surface area contributed by atoms with Crippen LogP contribution < -0.4 is 10.2 Å². The molecule has 0 atom stereocenters. The van der Waals surface area contributed by atoms with Crippen molar-refractivity contribution in [3.63, 3.8) is 0 Å². The molecule has 0 spiro atoms. The van der Waals surface area contributed by atoms with Gasteiger partial charge in [-0.3, -0.25) is 4.79 Å². The van der Waals surface area contributed by atoms with Gasteiger partial charge in [0.05, 0.1) is 0 Å². The molecule has 1 N–H and O–H groups in total. The Bertz CT molecular complexity index is 728. The molecule has 0 saturated heterocycles. The maximum Gasteiger partial charge on any atom is 0.244 e. The molecule has 1 fully saturated rings. The fourth-order valence-electron chi connectivity index (χ4n) is 3.33. The van der Waals surface area contributed by atoms with E-state index in [-0.39, 0.29) is 11.3 Å². The highest BCUT2D eigenvalue weighted by Gasteiger charge is 2.38. The van der Waals surface area contributed by atoms with E-state index in [0.29, 0.717) is 6.54 Å². The number of rotatable bonds is 6. The predicted molar refractivity (Wildman–Crippen MR) is 105 cm³/mol. The first-order valence-corrected chi connectivity index (χ1v) is 8.88. The van der Waals surface area contributed by atoms with E-state index >= 15 is 0 Å². The minimum Gasteiger partial charge on any atom is -0.378 e. The van der Waals surface area contributed by atoms with Gasteiger partial charge < -0.3 is 10.2 Å². The number of anilines is 1. The van der Waals surface area contributed by atoms with E-state index in [0.717, 1.165) is 24.1 Å². The lowest BCUT2D eigenvalue weighted by atomic mass is 9.64. The van der Waals surface area contributed by atoms with Gasteiger partial charge in [0, 0.05) is 37.8 Å². The number of hydrogen-bond donors (Lipinski definition) is 1. The maximum atomic E-state index is 12.2. The van der Waals surface area contributed by atoms with Crippen LogP contribution in [0.15, 0.2) is 60.7 Å². The molecule has 2 aromatic carbocycles. The lowest BCUT2D eigenvalue weighted by Gasteiger charge is -2.42. The molecule has 0 aliphatic heterocycles. The van der Waals surface area contributed by atoms with E-state index in [9.17, 15) is 4.79 Å². The van der Waals surface area contributed by atoms with Gasteiger partial charge in [-0.05, 0) is 42.2 Å². The van der Waals surface area contributed by atoms with Crippen LogP contribution in [0.5, 0.6) is 0 Å². The molecular formula is C22H26N2O. The lowest BCUT2D eigenvalue weighted by Crippen LogP contribution is -2.45. The second-order valence-electron chi connectivity index (χ2n) is 7.04. The average molecular weight is 334 g/mol. The van der Waals surface area contributed by atoms with Crippen LogP contribution >= 0.6 is 0 Å². The van der Waals surface area contributed by atoms with Gasteiger partial charge >= 0.3 is 0 Å².